The summed E-state index contributed by atoms with van der Waals surface area (Å²) in [5, 5.41) is 5.53. The number of ether oxygens (including phenoxy) is 1. The number of halogens is 2. The molecule has 0 atom stereocenters. The van der Waals surface area contributed by atoms with Gasteiger partial charge >= 0.3 is 5.97 Å². The van der Waals surface area contributed by atoms with Crippen LogP contribution < -0.4 is 10.2 Å². The number of thiazole rings is 1. The van der Waals surface area contributed by atoms with Crippen LogP contribution in [0.1, 0.15) is 30.3 Å². The Balaban J connectivity index is 1.25. The second-order valence-corrected chi connectivity index (χ2v) is 10.6. The molecule has 186 valence electrons. The highest BCUT2D eigenvalue weighted by molar-refractivity contribution is 7.20. The molecule has 0 aliphatic carbocycles. The second kappa shape index (κ2) is 12.1. The normalized spacial score (nSPS) is 14.2. The molecule has 1 aliphatic heterocycles. The molecular weight excluding hydrogens is 531 g/mol. The van der Waals surface area contributed by atoms with E-state index >= 15 is 0 Å². The molecule has 0 saturated carbocycles. The van der Waals surface area contributed by atoms with Gasteiger partial charge in [0.1, 0.15) is 15.8 Å². The Labute approximate surface area is 221 Å². The smallest absolute Gasteiger partial charge is 0.305 e. The Bertz CT molecular complexity index is 1140. The maximum atomic E-state index is 12.6. The van der Waals surface area contributed by atoms with E-state index in [1.807, 2.05) is 12.3 Å². The number of anilines is 2. The Hall–Kier alpha value is -2.31. The molecule has 0 spiro atoms. The fourth-order valence-corrected chi connectivity index (χ4v) is 5.67. The van der Waals surface area contributed by atoms with E-state index in [1.165, 1.54) is 28.9 Å². The van der Waals surface area contributed by atoms with E-state index in [9.17, 15) is 9.59 Å². The number of amides is 1. The summed E-state index contributed by atoms with van der Waals surface area (Å²) in [5.74, 6) is 0.215. The van der Waals surface area contributed by atoms with Crippen LogP contribution in [0.2, 0.25) is 9.36 Å². The van der Waals surface area contributed by atoms with Gasteiger partial charge in [0.05, 0.1) is 34.6 Å². The van der Waals surface area contributed by atoms with Gasteiger partial charge in [-0.2, -0.15) is 0 Å². The quantitative estimate of drug-likeness (QED) is 0.380. The molecule has 3 aromatic rings. The van der Waals surface area contributed by atoms with Gasteiger partial charge < -0.3 is 9.64 Å². The van der Waals surface area contributed by atoms with Crippen LogP contribution in [-0.2, 0) is 9.53 Å². The zero-order valence-corrected chi connectivity index (χ0v) is 22.1. The van der Waals surface area contributed by atoms with E-state index < -0.39 is 0 Å². The first-order valence-electron chi connectivity index (χ1n) is 11.1. The summed E-state index contributed by atoms with van der Waals surface area (Å²) in [4.78, 5) is 42.5. The first-order valence-corrected chi connectivity index (χ1v) is 13.5. The molecule has 13 heteroatoms. The van der Waals surface area contributed by atoms with E-state index in [1.54, 1.807) is 12.3 Å². The Morgan fingerprint density at radius 1 is 1.17 bits per heavy atom. The molecule has 4 rings (SSSR count). The summed E-state index contributed by atoms with van der Waals surface area (Å²) in [6, 6.07) is 1.75. The first kappa shape index (κ1) is 25.8. The van der Waals surface area contributed by atoms with Gasteiger partial charge in [-0.15, -0.1) is 22.7 Å². The predicted octanol–water partition coefficient (Wildman–Crippen LogP) is 4.69. The average molecular weight is 556 g/mol. The number of hydrogen-bond acceptors (Lipinski definition) is 10. The standard InChI is InChI=1S/C22H24Cl2N6O3S2/c1-2-33-19(31)4-3-5-29-6-8-30(9-7-29)18-12-25-15(11-26-18)21(32)28-22-27-16(13-34-22)17-10-14(23)20(24)35-17/h10-13H,2-9H2,1H3,(H,27,28,32). The molecule has 0 aromatic carbocycles. The summed E-state index contributed by atoms with van der Waals surface area (Å²) in [7, 11) is 0. The van der Waals surface area contributed by atoms with Crippen molar-refractivity contribution < 1.29 is 14.3 Å². The number of carbonyl (C=O) groups excluding carboxylic acids is 2. The second-order valence-electron chi connectivity index (χ2n) is 7.72. The molecule has 9 nitrogen and oxygen atoms in total. The third-order valence-electron chi connectivity index (χ3n) is 5.35. The molecular formula is C22H24Cl2N6O3S2. The van der Waals surface area contributed by atoms with Crippen molar-refractivity contribution in [2.45, 2.75) is 19.8 Å². The lowest BCUT2D eigenvalue weighted by Gasteiger charge is -2.35. The van der Waals surface area contributed by atoms with Crippen LogP contribution in [0.5, 0.6) is 0 Å². The molecule has 1 saturated heterocycles. The number of thiophene rings is 1. The number of esters is 1. The number of carbonyl (C=O) groups is 2. The number of aromatic nitrogens is 3. The van der Waals surface area contributed by atoms with Crippen molar-refractivity contribution in [2.24, 2.45) is 0 Å². The van der Waals surface area contributed by atoms with E-state index in [2.05, 4.69) is 30.1 Å². The fraction of sp³-hybridized carbons (Fsp3) is 0.409. The van der Waals surface area contributed by atoms with Crippen molar-refractivity contribution >= 4 is 68.7 Å². The molecule has 1 N–H and O–H groups in total. The topological polar surface area (TPSA) is 101 Å². The van der Waals surface area contributed by atoms with Crippen LogP contribution >= 0.6 is 45.9 Å². The molecule has 4 heterocycles. The predicted molar refractivity (Wildman–Crippen MR) is 140 cm³/mol. The highest BCUT2D eigenvalue weighted by atomic mass is 35.5. The third kappa shape index (κ3) is 6.89. The summed E-state index contributed by atoms with van der Waals surface area (Å²) in [5.41, 5.74) is 0.913. The summed E-state index contributed by atoms with van der Waals surface area (Å²) in [6.07, 6.45) is 4.33. The minimum Gasteiger partial charge on any atom is -0.466 e. The third-order valence-corrected chi connectivity index (χ3v) is 8.00. The zero-order valence-electron chi connectivity index (χ0n) is 19.0. The lowest BCUT2D eigenvalue weighted by atomic mass is 10.2. The molecule has 3 aromatic heterocycles. The number of nitrogens with zero attached hydrogens (tertiary/aromatic N) is 5. The number of nitrogens with one attached hydrogen (secondary N) is 1. The van der Waals surface area contributed by atoms with Crippen LogP contribution in [0, 0.1) is 0 Å². The maximum absolute atomic E-state index is 12.6. The molecule has 1 aliphatic rings. The van der Waals surface area contributed by atoms with E-state index in [0.717, 1.165) is 49.8 Å². The van der Waals surface area contributed by atoms with Crippen LogP contribution in [0.25, 0.3) is 10.6 Å². The maximum Gasteiger partial charge on any atom is 0.305 e. The van der Waals surface area contributed by atoms with Crippen LogP contribution in [-0.4, -0.2) is 71.1 Å². The zero-order chi connectivity index (χ0) is 24.8. The summed E-state index contributed by atoms with van der Waals surface area (Å²) >= 11 is 14.7. The van der Waals surface area contributed by atoms with E-state index in [0.29, 0.717) is 33.2 Å². The van der Waals surface area contributed by atoms with E-state index in [4.69, 9.17) is 27.9 Å². The van der Waals surface area contributed by atoms with Gasteiger partial charge in [0.15, 0.2) is 5.13 Å². The highest BCUT2D eigenvalue weighted by Gasteiger charge is 2.19. The van der Waals surface area contributed by atoms with Gasteiger partial charge in [0, 0.05) is 38.0 Å². The van der Waals surface area contributed by atoms with Crippen LogP contribution in [0.3, 0.4) is 0 Å². The minimum atomic E-state index is -0.376. The highest BCUT2D eigenvalue weighted by Crippen LogP contribution is 2.38. The van der Waals surface area contributed by atoms with Crippen molar-refractivity contribution in [2.75, 3.05) is 49.5 Å². The van der Waals surface area contributed by atoms with Gasteiger partial charge in [0.25, 0.3) is 5.91 Å². The first-order chi connectivity index (χ1) is 16.9. The van der Waals surface area contributed by atoms with Crippen LogP contribution in [0.15, 0.2) is 23.8 Å². The Morgan fingerprint density at radius 2 is 1.97 bits per heavy atom. The molecule has 35 heavy (non-hydrogen) atoms. The molecule has 0 unspecified atom stereocenters. The number of rotatable bonds is 9. The minimum absolute atomic E-state index is 0.141. The van der Waals surface area contributed by atoms with Gasteiger partial charge in [-0.25, -0.2) is 15.0 Å². The van der Waals surface area contributed by atoms with Gasteiger partial charge in [-0.3, -0.25) is 19.8 Å². The van der Waals surface area contributed by atoms with Crippen molar-refractivity contribution in [1.82, 2.24) is 19.9 Å². The monoisotopic (exact) mass is 554 g/mol. The fourth-order valence-electron chi connectivity index (χ4n) is 3.56. The molecule has 1 amide bonds. The average Bonchev–Trinajstić information content (AvgIpc) is 3.46. The molecule has 0 radical (unpaired) electrons. The van der Waals surface area contributed by atoms with Gasteiger partial charge in [-0.05, 0) is 26.0 Å². The van der Waals surface area contributed by atoms with Gasteiger partial charge in [-0.1, -0.05) is 23.2 Å². The van der Waals surface area contributed by atoms with Gasteiger partial charge in [0.2, 0.25) is 0 Å². The SMILES string of the molecule is CCOC(=O)CCCN1CCN(c2cnc(C(=O)Nc3nc(-c4cc(Cl)c(Cl)s4)cs3)cn2)CC1. The lowest BCUT2D eigenvalue weighted by molar-refractivity contribution is -0.143. The largest absolute Gasteiger partial charge is 0.466 e. The van der Waals surface area contributed by atoms with Crippen molar-refractivity contribution in [3.63, 3.8) is 0 Å². The Kier molecular flexibility index (Phi) is 8.90. The summed E-state index contributed by atoms with van der Waals surface area (Å²) < 4.78 is 5.47. The number of hydrogen-bond donors (Lipinski definition) is 1. The van der Waals surface area contributed by atoms with Crippen molar-refractivity contribution in [1.29, 1.82) is 0 Å². The summed E-state index contributed by atoms with van der Waals surface area (Å²) in [6.45, 7) is 6.46. The van der Waals surface area contributed by atoms with Crippen molar-refractivity contribution in [3.8, 4) is 10.6 Å². The van der Waals surface area contributed by atoms with E-state index in [-0.39, 0.29) is 17.6 Å². The van der Waals surface area contributed by atoms with Crippen LogP contribution in [0.4, 0.5) is 10.9 Å². The molecule has 0 bridgehead atoms. The van der Waals surface area contributed by atoms with Crippen molar-refractivity contribution in [3.05, 3.63) is 38.9 Å². The number of piperazine rings is 1. The lowest BCUT2D eigenvalue weighted by Crippen LogP contribution is -2.47. The molecule has 1 fully saturated rings. The Morgan fingerprint density at radius 3 is 2.63 bits per heavy atom.